The minimum absolute atomic E-state index is 0.136. The number of hydrogen-bond donors (Lipinski definition) is 2. The van der Waals surface area contributed by atoms with Gasteiger partial charge in [-0.3, -0.25) is 9.59 Å². The Morgan fingerprint density at radius 2 is 2.15 bits per heavy atom. The van der Waals surface area contributed by atoms with Gasteiger partial charge in [-0.15, -0.1) is 0 Å². The van der Waals surface area contributed by atoms with Crippen molar-refractivity contribution in [1.29, 1.82) is 0 Å². The lowest BCUT2D eigenvalue weighted by Gasteiger charge is -2.09. The van der Waals surface area contributed by atoms with Gasteiger partial charge < -0.3 is 15.2 Å². The third-order valence-electron chi connectivity index (χ3n) is 2.88. The van der Waals surface area contributed by atoms with Crippen LogP contribution in [0.4, 0.5) is 0 Å². The van der Waals surface area contributed by atoms with Gasteiger partial charge in [-0.25, -0.2) is 0 Å². The molecule has 0 saturated carbocycles. The van der Waals surface area contributed by atoms with Crippen molar-refractivity contribution in [3.63, 3.8) is 0 Å². The highest BCUT2D eigenvalue weighted by Gasteiger charge is 2.12. The lowest BCUT2D eigenvalue weighted by molar-refractivity contribution is -0.141. The maximum atomic E-state index is 11.6. The summed E-state index contributed by atoms with van der Waals surface area (Å²) in [6.07, 6.45) is 0.825. The Labute approximate surface area is 122 Å². The normalized spacial score (nSPS) is 11.8. The molecule has 1 atom stereocenters. The van der Waals surface area contributed by atoms with E-state index in [1.807, 2.05) is 6.07 Å². The Balaban J connectivity index is 2.41. The summed E-state index contributed by atoms with van der Waals surface area (Å²) in [5, 5.41) is 11.8. The molecule has 0 bridgehead atoms. The number of carboxylic acid groups (broad SMARTS) is 1. The molecule has 0 spiro atoms. The number of aryl methyl sites for hydroxylation is 1. The van der Waals surface area contributed by atoms with E-state index < -0.39 is 11.9 Å². The highest BCUT2D eigenvalue weighted by molar-refractivity contribution is 6.32. The molecule has 110 valence electrons. The second-order valence-corrected chi connectivity index (χ2v) is 4.92. The fourth-order valence-corrected chi connectivity index (χ4v) is 1.85. The molecule has 1 aromatic carbocycles. The fourth-order valence-electron chi connectivity index (χ4n) is 1.57. The zero-order valence-electron chi connectivity index (χ0n) is 11.5. The average Bonchev–Trinajstić information content (AvgIpc) is 2.42. The zero-order chi connectivity index (χ0) is 15.1. The molecule has 6 heteroatoms. The maximum Gasteiger partial charge on any atom is 0.308 e. The monoisotopic (exact) mass is 299 g/mol. The van der Waals surface area contributed by atoms with Crippen LogP contribution in [0.1, 0.15) is 18.9 Å². The summed E-state index contributed by atoms with van der Waals surface area (Å²) in [4.78, 5) is 22.2. The molecule has 20 heavy (non-hydrogen) atoms. The summed E-state index contributed by atoms with van der Waals surface area (Å²) in [5.74, 6) is -1.10. The van der Waals surface area contributed by atoms with Crippen molar-refractivity contribution in [2.45, 2.75) is 19.8 Å². The van der Waals surface area contributed by atoms with Crippen molar-refractivity contribution in [2.75, 3.05) is 13.7 Å². The van der Waals surface area contributed by atoms with Crippen molar-refractivity contribution in [3.8, 4) is 5.75 Å². The highest BCUT2D eigenvalue weighted by Crippen LogP contribution is 2.25. The van der Waals surface area contributed by atoms with Gasteiger partial charge in [-0.05, 0) is 24.1 Å². The first-order valence-electron chi connectivity index (χ1n) is 6.26. The highest BCUT2D eigenvalue weighted by atomic mass is 35.5. The number of carbonyl (C=O) groups is 2. The SMILES string of the molecule is COc1ccc(CCC(=O)NCC(C)C(=O)O)cc1Cl. The number of carbonyl (C=O) groups excluding carboxylic acids is 1. The second kappa shape index (κ2) is 7.75. The summed E-state index contributed by atoms with van der Waals surface area (Å²) in [6.45, 7) is 1.68. The van der Waals surface area contributed by atoms with Gasteiger partial charge >= 0.3 is 5.97 Å². The van der Waals surface area contributed by atoms with Crippen molar-refractivity contribution in [3.05, 3.63) is 28.8 Å². The molecule has 0 saturated heterocycles. The van der Waals surface area contributed by atoms with Crippen molar-refractivity contribution >= 4 is 23.5 Å². The number of benzene rings is 1. The van der Waals surface area contributed by atoms with Gasteiger partial charge in [0.05, 0.1) is 18.1 Å². The Hall–Kier alpha value is -1.75. The molecule has 0 aliphatic heterocycles. The van der Waals surface area contributed by atoms with E-state index >= 15 is 0 Å². The second-order valence-electron chi connectivity index (χ2n) is 4.51. The van der Waals surface area contributed by atoms with Gasteiger partial charge in [-0.1, -0.05) is 24.6 Å². The predicted octanol–water partition coefficient (Wildman–Crippen LogP) is 2.12. The molecule has 2 N–H and O–H groups in total. The fraction of sp³-hybridized carbons (Fsp3) is 0.429. The quantitative estimate of drug-likeness (QED) is 0.808. The summed E-state index contributed by atoms with van der Waals surface area (Å²) < 4.78 is 5.05. The number of halogens is 1. The molecular formula is C14H18ClNO4. The largest absolute Gasteiger partial charge is 0.495 e. The van der Waals surface area contributed by atoms with E-state index in [-0.39, 0.29) is 18.9 Å². The van der Waals surface area contributed by atoms with Crippen LogP contribution in [0.25, 0.3) is 0 Å². The summed E-state index contributed by atoms with van der Waals surface area (Å²) in [5.41, 5.74) is 0.928. The summed E-state index contributed by atoms with van der Waals surface area (Å²) >= 11 is 5.99. The Kier molecular flexibility index (Phi) is 6.31. The summed E-state index contributed by atoms with van der Waals surface area (Å²) in [6, 6.07) is 5.35. The molecule has 0 aromatic heterocycles. The molecule has 0 radical (unpaired) electrons. The third kappa shape index (κ3) is 5.09. The van der Waals surface area contributed by atoms with E-state index in [1.165, 1.54) is 7.11 Å². The van der Waals surface area contributed by atoms with Gasteiger partial charge in [-0.2, -0.15) is 0 Å². The first-order chi connectivity index (χ1) is 9.43. The number of nitrogens with one attached hydrogen (secondary N) is 1. The number of rotatable bonds is 7. The third-order valence-corrected chi connectivity index (χ3v) is 3.18. The first-order valence-corrected chi connectivity index (χ1v) is 6.63. The Morgan fingerprint density at radius 3 is 2.70 bits per heavy atom. The Bertz CT molecular complexity index is 490. The molecule has 0 heterocycles. The van der Waals surface area contributed by atoms with Gasteiger partial charge in [0.25, 0.3) is 0 Å². The lowest BCUT2D eigenvalue weighted by atomic mass is 10.1. The number of amides is 1. The number of aliphatic carboxylic acids is 1. The molecule has 1 amide bonds. The van der Waals surface area contributed by atoms with E-state index in [9.17, 15) is 9.59 Å². The lowest BCUT2D eigenvalue weighted by Crippen LogP contribution is -2.31. The van der Waals surface area contributed by atoms with Crippen LogP contribution < -0.4 is 10.1 Å². The minimum atomic E-state index is -0.924. The molecule has 0 fully saturated rings. The van der Waals surface area contributed by atoms with Gasteiger partial charge in [0.15, 0.2) is 0 Å². The standard InChI is InChI=1S/C14H18ClNO4/c1-9(14(18)19)8-16-13(17)6-4-10-3-5-12(20-2)11(15)7-10/h3,5,7,9H,4,6,8H2,1-2H3,(H,16,17)(H,18,19). The van der Waals surface area contributed by atoms with E-state index in [0.29, 0.717) is 17.2 Å². The topological polar surface area (TPSA) is 75.6 Å². The van der Waals surface area contributed by atoms with Crippen LogP contribution in [0.2, 0.25) is 5.02 Å². The molecule has 1 aromatic rings. The number of methoxy groups -OCH3 is 1. The van der Waals surface area contributed by atoms with E-state index in [1.54, 1.807) is 19.1 Å². The number of hydrogen-bond acceptors (Lipinski definition) is 3. The molecule has 0 aliphatic rings. The van der Waals surface area contributed by atoms with E-state index in [0.717, 1.165) is 5.56 Å². The zero-order valence-corrected chi connectivity index (χ0v) is 12.2. The van der Waals surface area contributed by atoms with E-state index in [2.05, 4.69) is 5.32 Å². The smallest absolute Gasteiger partial charge is 0.308 e. The van der Waals surface area contributed by atoms with Crippen LogP contribution in [-0.4, -0.2) is 30.6 Å². The van der Waals surface area contributed by atoms with Crippen LogP contribution in [0.5, 0.6) is 5.75 Å². The molecule has 5 nitrogen and oxygen atoms in total. The minimum Gasteiger partial charge on any atom is -0.495 e. The van der Waals surface area contributed by atoms with E-state index in [4.69, 9.17) is 21.4 Å². The van der Waals surface area contributed by atoms with Crippen LogP contribution in [0.3, 0.4) is 0 Å². The van der Waals surface area contributed by atoms with Crippen molar-refractivity contribution in [1.82, 2.24) is 5.32 Å². The maximum absolute atomic E-state index is 11.6. The van der Waals surface area contributed by atoms with Crippen LogP contribution >= 0.6 is 11.6 Å². The average molecular weight is 300 g/mol. The summed E-state index contributed by atoms with van der Waals surface area (Å²) in [7, 11) is 1.54. The molecular weight excluding hydrogens is 282 g/mol. The Morgan fingerprint density at radius 1 is 1.45 bits per heavy atom. The number of ether oxygens (including phenoxy) is 1. The van der Waals surface area contributed by atoms with Crippen molar-refractivity contribution < 1.29 is 19.4 Å². The van der Waals surface area contributed by atoms with Crippen molar-refractivity contribution in [2.24, 2.45) is 5.92 Å². The molecule has 0 aliphatic carbocycles. The van der Waals surface area contributed by atoms with Gasteiger partial charge in [0.1, 0.15) is 5.75 Å². The van der Waals surface area contributed by atoms with Crippen LogP contribution in [0.15, 0.2) is 18.2 Å². The van der Waals surface area contributed by atoms with Gasteiger partial charge in [0, 0.05) is 13.0 Å². The first kappa shape index (κ1) is 16.3. The number of carboxylic acids is 1. The molecule has 1 rings (SSSR count). The van der Waals surface area contributed by atoms with Gasteiger partial charge in [0.2, 0.25) is 5.91 Å². The predicted molar refractivity (Wildman–Crippen MR) is 76.1 cm³/mol. The van der Waals surface area contributed by atoms with Crippen LogP contribution in [0, 0.1) is 5.92 Å². The molecule has 1 unspecified atom stereocenters. The van der Waals surface area contributed by atoms with Crippen LogP contribution in [-0.2, 0) is 16.0 Å².